The molecule has 0 aromatic heterocycles. The first-order valence-electron chi connectivity index (χ1n) is 7.77. The zero-order valence-corrected chi connectivity index (χ0v) is 12.4. The SMILES string of the molecule is CC(C)N(CCc1ccccc1)CC1CCCCN1. The second-order valence-corrected chi connectivity index (χ2v) is 5.97. The summed E-state index contributed by atoms with van der Waals surface area (Å²) >= 11 is 0. The van der Waals surface area contributed by atoms with Crippen LogP contribution in [0.2, 0.25) is 0 Å². The lowest BCUT2D eigenvalue weighted by molar-refractivity contribution is 0.187. The Hall–Kier alpha value is -0.860. The van der Waals surface area contributed by atoms with E-state index in [1.54, 1.807) is 0 Å². The Bertz CT molecular complexity index is 342. The van der Waals surface area contributed by atoms with Gasteiger partial charge in [0.1, 0.15) is 0 Å². The van der Waals surface area contributed by atoms with Gasteiger partial charge in [-0.3, -0.25) is 4.90 Å². The van der Waals surface area contributed by atoms with Gasteiger partial charge < -0.3 is 5.32 Å². The van der Waals surface area contributed by atoms with Crippen LogP contribution >= 0.6 is 0 Å². The molecule has 2 heteroatoms. The van der Waals surface area contributed by atoms with Crippen molar-refractivity contribution in [3.8, 4) is 0 Å². The summed E-state index contributed by atoms with van der Waals surface area (Å²) in [5, 5.41) is 3.66. The second-order valence-electron chi connectivity index (χ2n) is 5.97. The second kappa shape index (κ2) is 7.66. The Balaban J connectivity index is 1.82. The summed E-state index contributed by atoms with van der Waals surface area (Å²) in [5.41, 5.74) is 1.45. The van der Waals surface area contributed by atoms with E-state index in [9.17, 15) is 0 Å². The first-order chi connectivity index (χ1) is 9.25. The molecule has 1 aromatic rings. The number of nitrogens with zero attached hydrogens (tertiary/aromatic N) is 1. The van der Waals surface area contributed by atoms with E-state index in [0.29, 0.717) is 12.1 Å². The predicted octanol–water partition coefficient (Wildman–Crippen LogP) is 3.08. The first kappa shape index (κ1) is 14.5. The highest BCUT2D eigenvalue weighted by molar-refractivity contribution is 5.14. The van der Waals surface area contributed by atoms with Gasteiger partial charge in [-0.2, -0.15) is 0 Å². The Morgan fingerprint density at radius 1 is 1.21 bits per heavy atom. The fourth-order valence-electron chi connectivity index (χ4n) is 2.84. The fourth-order valence-corrected chi connectivity index (χ4v) is 2.84. The van der Waals surface area contributed by atoms with Crippen molar-refractivity contribution in [1.82, 2.24) is 10.2 Å². The summed E-state index contributed by atoms with van der Waals surface area (Å²) in [6, 6.07) is 12.2. The molecule has 1 unspecified atom stereocenters. The topological polar surface area (TPSA) is 15.3 Å². The largest absolute Gasteiger partial charge is 0.313 e. The van der Waals surface area contributed by atoms with Crippen LogP contribution in [0.5, 0.6) is 0 Å². The summed E-state index contributed by atoms with van der Waals surface area (Å²) in [5.74, 6) is 0. The van der Waals surface area contributed by atoms with Crippen molar-refractivity contribution in [2.24, 2.45) is 0 Å². The van der Waals surface area contributed by atoms with E-state index in [1.807, 2.05) is 0 Å². The van der Waals surface area contributed by atoms with Crippen LogP contribution in [-0.4, -0.2) is 36.6 Å². The molecule has 1 fully saturated rings. The molecule has 1 saturated heterocycles. The van der Waals surface area contributed by atoms with Crippen molar-refractivity contribution in [2.75, 3.05) is 19.6 Å². The van der Waals surface area contributed by atoms with Crippen LogP contribution in [0.1, 0.15) is 38.7 Å². The van der Waals surface area contributed by atoms with Gasteiger partial charge in [0.2, 0.25) is 0 Å². The summed E-state index contributed by atoms with van der Waals surface area (Å²) in [4.78, 5) is 2.62. The molecule has 0 amide bonds. The Labute approximate surface area is 118 Å². The van der Waals surface area contributed by atoms with E-state index >= 15 is 0 Å². The molecule has 2 rings (SSSR count). The highest BCUT2D eigenvalue weighted by Crippen LogP contribution is 2.11. The number of benzene rings is 1. The van der Waals surface area contributed by atoms with Crippen molar-refractivity contribution < 1.29 is 0 Å². The smallest absolute Gasteiger partial charge is 0.0195 e. The average molecular weight is 260 g/mol. The standard InChI is InChI=1S/C17H28N2/c1-15(2)19(14-17-10-6-7-12-18-17)13-11-16-8-4-3-5-9-16/h3-5,8-9,15,17-18H,6-7,10-14H2,1-2H3. The summed E-state index contributed by atoms with van der Waals surface area (Å²) < 4.78 is 0. The van der Waals surface area contributed by atoms with Crippen molar-refractivity contribution in [3.63, 3.8) is 0 Å². The van der Waals surface area contributed by atoms with E-state index in [-0.39, 0.29) is 0 Å². The van der Waals surface area contributed by atoms with Gasteiger partial charge in [-0.1, -0.05) is 36.8 Å². The van der Waals surface area contributed by atoms with Crippen LogP contribution in [-0.2, 0) is 6.42 Å². The lowest BCUT2D eigenvalue weighted by atomic mass is 10.0. The minimum atomic E-state index is 0.632. The van der Waals surface area contributed by atoms with Crippen molar-refractivity contribution in [2.45, 2.75) is 51.6 Å². The van der Waals surface area contributed by atoms with Gasteiger partial charge in [-0.15, -0.1) is 0 Å². The molecule has 0 spiro atoms. The van der Waals surface area contributed by atoms with Crippen LogP contribution in [0.15, 0.2) is 30.3 Å². The zero-order valence-electron chi connectivity index (χ0n) is 12.4. The van der Waals surface area contributed by atoms with Gasteiger partial charge in [-0.25, -0.2) is 0 Å². The maximum Gasteiger partial charge on any atom is 0.0195 e. The Morgan fingerprint density at radius 2 is 2.00 bits per heavy atom. The predicted molar refractivity (Wildman–Crippen MR) is 82.5 cm³/mol. The van der Waals surface area contributed by atoms with Gasteiger partial charge in [0.15, 0.2) is 0 Å². The molecule has 0 aliphatic carbocycles. The maximum absolute atomic E-state index is 3.66. The lowest BCUT2D eigenvalue weighted by Gasteiger charge is -2.33. The van der Waals surface area contributed by atoms with E-state index in [4.69, 9.17) is 0 Å². The maximum atomic E-state index is 3.66. The third-order valence-corrected chi connectivity index (χ3v) is 4.13. The minimum absolute atomic E-state index is 0.632. The van der Waals surface area contributed by atoms with Crippen molar-refractivity contribution >= 4 is 0 Å². The summed E-state index contributed by atoms with van der Waals surface area (Å²) in [6.45, 7) is 8.20. The van der Waals surface area contributed by atoms with Crippen molar-refractivity contribution in [1.29, 1.82) is 0 Å². The van der Waals surface area contributed by atoms with E-state index < -0.39 is 0 Å². The lowest BCUT2D eigenvalue weighted by Crippen LogP contribution is -2.46. The van der Waals surface area contributed by atoms with E-state index in [2.05, 4.69) is 54.4 Å². The number of hydrogen-bond donors (Lipinski definition) is 1. The molecule has 1 N–H and O–H groups in total. The molecule has 19 heavy (non-hydrogen) atoms. The molecular formula is C17H28N2. The van der Waals surface area contributed by atoms with Gasteiger partial charge >= 0.3 is 0 Å². The molecule has 1 atom stereocenters. The number of rotatable bonds is 6. The fraction of sp³-hybridized carbons (Fsp3) is 0.647. The molecular weight excluding hydrogens is 232 g/mol. The van der Waals surface area contributed by atoms with Crippen LogP contribution in [0.25, 0.3) is 0 Å². The molecule has 0 radical (unpaired) electrons. The van der Waals surface area contributed by atoms with Crippen LogP contribution in [0, 0.1) is 0 Å². The average Bonchev–Trinajstić information content (AvgIpc) is 2.45. The number of piperidine rings is 1. The third kappa shape index (κ3) is 4.96. The van der Waals surface area contributed by atoms with Crippen molar-refractivity contribution in [3.05, 3.63) is 35.9 Å². The summed E-state index contributed by atoms with van der Waals surface area (Å²) in [6.07, 6.45) is 5.24. The quantitative estimate of drug-likeness (QED) is 0.845. The van der Waals surface area contributed by atoms with E-state index in [1.165, 1.54) is 44.5 Å². The van der Waals surface area contributed by atoms with Gasteiger partial charge in [-0.05, 0) is 45.2 Å². The molecule has 0 saturated carbocycles. The van der Waals surface area contributed by atoms with Crippen LogP contribution in [0.3, 0.4) is 0 Å². The van der Waals surface area contributed by atoms with Crippen LogP contribution < -0.4 is 5.32 Å². The van der Waals surface area contributed by atoms with Gasteiger partial charge in [0.05, 0.1) is 0 Å². The van der Waals surface area contributed by atoms with E-state index in [0.717, 1.165) is 6.42 Å². The molecule has 106 valence electrons. The molecule has 2 nitrogen and oxygen atoms in total. The van der Waals surface area contributed by atoms with Gasteiger partial charge in [0.25, 0.3) is 0 Å². The highest BCUT2D eigenvalue weighted by Gasteiger charge is 2.18. The first-order valence-corrected chi connectivity index (χ1v) is 7.77. The molecule has 1 aromatic carbocycles. The Kier molecular flexibility index (Phi) is 5.87. The molecule has 1 aliphatic heterocycles. The Morgan fingerprint density at radius 3 is 2.63 bits per heavy atom. The number of hydrogen-bond acceptors (Lipinski definition) is 2. The third-order valence-electron chi connectivity index (χ3n) is 4.13. The normalized spacial score (nSPS) is 20.1. The number of nitrogens with one attached hydrogen (secondary N) is 1. The monoisotopic (exact) mass is 260 g/mol. The molecule has 1 aliphatic rings. The van der Waals surface area contributed by atoms with Gasteiger partial charge in [0, 0.05) is 25.2 Å². The highest BCUT2D eigenvalue weighted by atomic mass is 15.2. The van der Waals surface area contributed by atoms with Crippen LogP contribution in [0.4, 0.5) is 0 Å². The molecule has 1 heterocycles. The molecule has 0 bridgehead atoms. The summed E-state index contributed by atoms with van der Waals surface area (Å²) in [7, 11) is 0. The minimum Gasteiger partial charge on any atom is -0.313 e. The zero-order chi connectivity index (χ0) is 13.5.